The van der Waals surface area contributed by atoms with E-state index < -0.39 is 25.9 Å². The van der Waals surface area contributed by atoms with Crippen LogP contribution in [-0.2, 0) is 23.5 Å². The quantitative estimate of drug-likeness (QED) is 0.357. The van der Waals surface area contributed by atoms with E-state index >= 15 is 0 Å². The van der Waals surface area contributed by atoms with Gasteiger partial charge in [-0.05, 0) is 11.5 Å². The minimum Gasteiger partial charge on any atom is -0.480 e. The van der Waals surface area contributed by atoms with Gasteiger partial charge in [-0.15, -0.1) is 4.52 Å². The molecule has 1 fully saturated rings. The molecule has 30 heavy (non-hydrogen) atoms. The van der Waals surface area contributed by atoms with Crippen LogP contribution in [0.1, 0.15) is 6.92 Å². The molecule has 172 valence electrons. The average Bonchev–Trinajstić information content (AvgIpc) is 2.62. The number of aliphatic carboxylic acids is 3. The average molecular weight is 451 g/mol. The minimum absolute atomic E-state index is 0.177. The van der Waals surface area contributed by atoms with E-state index in [4.69, 9.17) is 9.63 Å². The molecule has 0 aromatic heterocycles. The smallest absolute Gasteiger partial charge is 0.480 e. The zero-order valence-electron chi connectivity index (χ0n) is 17.3. The highest BCUT2D eigenvalue weighted by molar-refractivity contribution is 7.39. The molecular weight excluding hydrogens is 419 g/mol. The van der Waals surface area contributed by atoms with Crippen LogP contribution in [0.2, 0.25) is 0 Å². The number of hydrogen-bond acceptors (Lipinski definition) is 9. The van der Waals surface area contributed by atoms with Gasteiger partial charge in [0.15, 0.2) is 0 Å². The van der Waals surface area contributed by atoms with Gasteiger partial charge in [-0.1, -0.05) is 0 Å². The van der Waals surface area contributed by atoms with Gasteiger partial charge in [0.25, 0.3) is 0 Å². The van der Waals surface area contributed by atoms with E-state index in [1.54, 1.807) is 21.6 Å². The zero-order chi connectivity index (χ0) is 22.5. The number of nitrogens with zero attached hydrogens (tertiary/aromatic N) is 4. The molecule has 1 aliphatic rings. The Morgan fingerprint density at radius 3 is 1.27 bits per heavy atom. The topological polar surface area (TPSA) is 151 Å². The van der Waals surface area contributed by atoms with Gasteiger partial charge in [0, 0.05) is 52.4 Å². The molecule has 1 atom stereocenters. The first-order valence-corrected chi connectivity index (χ1v) is 11.2. The molecule has 12 nitrogen and oxygen atoms in total. The molecule has 0 aliphatic carbocycles. The first kappa shape index (κ1) is 26.3. The van der Waals surface area contributed by atoms with E-state index in [0.29, 0.717) is 59.0 Å². The van der Waals surface area contributed by atoms with Crippen LogP contribution in [0.3, 0.4) is 0 Å². The van der Waals surface area contributed by atoms with Gasteiger partial charge in [0.1, 0.15) is 0 Å². The van der Waals surface area contributed by atoms with Crippen LogP contribution in [0.4, 0.5) is 0 Å². The third-order valence-electron chi connectivity index (χ3n) is 4.59. The van der Waals surface area contributed by atoms with Gasteiger partial charge < -0.3 is 15.3 Å². The van der Waals surface area contributed by atoms with Crippen LogP contribution in [0.5, 0.6) is 0 Å². The fraction of sp³-hybridized carbons (Fsp3) is 0.824. The van der Waals surface area contributed by atoms with Crippen LogP contribution >= 0.6 is 8.03 Å². The molecule has 1 aliphatic heterocycles. The van der Waals surface area contributed by atoms with Crippen molar-refractivity contribution in [1.82, 2.24) is 19.6 Å². The lowest BCUT2D eigenvalue weighted by Gasteiger charge is -2.31. The summed E-state index contributed by atoms with van der Waals surface area (Å²) in [6.07, 6.45) is 0.177. The van der Waals surface area contributed by atoms with Crippen molar-refractivity contribution in [3.05, 3.63) is 0 Å². The zero-order valence-corrected chi connectivity index (χ0v) is 18.2. The van der Waals surface area contributed by atoms with Crippen LogP contribution in [0.25, 0.3) is 0 Å². The summed E-state index contributed by atoms with van der Waals surface area (Å²) in [5.74, 6) is -2.96. The summed E-state index contributed by atoms with van der Waals surface area (Å²) in [6, 6.07) is 0. The largest absolute Gasteiger partial charge is 0.524 e. The van der Waals surface area contributed by atoms with E-state index in [-0.39, 0.29) is 25.9 Å². The third-order valence-corrected chi connectivity index (χ3v) is 5.77. The van der Waals surface area contributed by atoms with Crippen molar-refractivity contribution < 1.29 is 38.8 Å². The number of carboxylic acids is 3. The lowest BCUT2D eigenvalue weighted by atomic mass is 10.3. The number of hydrogen-bond donors (Lipinski definition) is 3. The lowest BCUT2D eigenvalue weighted by molar-refractivity contribution is -0.140. The summed E-state index contributed by atoms with van der Waals surface area (Å²) < 4.78 is 17.2. The molecule has 0 aromatic rings. The predicted octanol–water partition coefficient (Wildman–Crippen LogP) is -0.802. The van der Waals surface area contributed by atoms with E-state index in [1.807, 2.05) is 4.90 Å². The maximum absolute atomic E-state index is 12.1. The third kappa shape index (κ3) is 12.1. The molecule has 0 aromatic carbocycles. The summed E-state index contributed by atoms with van der Waals surface area (Å²) in [6.45, 7) is 4.52. The summed E-state index contributed by atoms with van der Waals surface area (Å²) >= 11 is 0. The molecule has 0 saturated carbocycles. The van der Waals surface area contributed by atoms with Crippen molar-refractivity contribution in [2.24, 2.45) is 0 Å². The van der Waals surface area contributed by atoms with Crippen molar-refractivity contribution >= 4 is 25.9 Å². The standard InChI is InChI=1S/C17H31N4O8P/c1-2-29-30(28)14-21-9-7-19(12-16(24)25)5-3-18(11-15(22)23)4-6-20(8-10-21)13-17(26)27/h2-14H2,1H3,(H2-,22,23,24,25,26,27)/p+1. The molecule has 1 heterocycles. The highest BCUT2D eigenvalue weighted by Crippen LogP contribution is 2.22. The fourth-order valence-electron chi connectivity index (χ4n) is 3.12. The summed E-state index contributed by atoms with van der Waals surface area (Å²) in [5, 5.41) is 27.5. The Morgan fingerprint density at radius 1 is 0.700 bits per heavy atom. The highest BCUT2D eigenvalue weighted by atomic mass is 31.1. The van der Waals surface area contributed by atoms with E-state index in [0.717, 1.165) is 0 Å². The van der Waals surface area contributed by atoms with Gasteiger partial charge in [-0.25, -0.2) is 0 Å². The molecule has 1 unspecified atom stereocenters. The van der Waals surface area contributed by atoms with E-state index in [2.05, 4.69) is 0 Å². The predicted molar refractivity (Wildman–Crippen MR) is 108 cm³/mol. The molecule has 3 N–H and O–H groups in total. The van der Waals surface area contributed by atoms with Crippen LogP contribution in [-0.4, -0.2) is 138 Å². The second-order valence-electron chi connectivity index (χ2n) is 7.02. The maximum atomic E-state index is 12.1. The Bertz CT molecular complexity index is 562. The van der Waals surface area contributed by atoms with E-state index in [1.165, 1.54) is 0 Å². The fourth-order valence-corrected chi connectivity index (χ4v) is 4.10. The Hall–Kier alpha value is -1.69. The molecule has 0 amide bonds. The Labute approximate surface area is 176 Å². The van der Waals surface area contributed by atoms with Gasteiger partial charge in [0.2, 0.25) is 6.29 Å². The van der Waals surface area contributed by atoms with Crippen LogP contribution in [0.15, 0.2) is 0 Å². The number of rotatable bonds is 10. The van der Waals surface area contributed by atoms with Crippen LogP contribution < -0.4 is 0 Å². The first-order chi connectivity index (χ1) is 14.2. The molecule has 13 heteroatoms. The molecule has 0 radical (unpaired) electrons. The summed E-state index contributed by atoms with van der Waals surface area (Å²) in [7, 11) is -1.90. The summed E-state index contributed by atoms with van der Waals surface area (Å²) in [5.41, 5.74) is 0. The van der Waals surface area contributed by atoms with Gasteiger partial charge in [-0.2, -0.15) is 0 Å². The number of carbonyl (C=O) groups is 3. The second-order valence-corrected chi connectivity index (χ2v) is 8.23. The minimum atomic E-state index is -1.90. The van der Waals surface area contributed by atoms with Gasteiger partial charge in [0.05, 0.1) is 26.2 Å². The second kappa shape index (κ2) is 14.3. The normalized spacial score (nSPS) is 19.6. The lowest BCUT2D eigenvalue weighted by Crippen LogP contribution is -2.48. The van der Waals surface area contributed by atoms with Gasteiger partial charge in [-0.3, -0.25) is 34.0 Å². The van der Waals surface area contributed by atoms with Crippen molar-refractivity contribution in [2.75, 3.05) is 84.9 Å². The van der Waals surface area contributed by atoms with Crippen LogP contribution in [0, 0.1) is 0 Å². The van der Waals surface area contributed by atoms with Gasteiger partial charge >= 0.3 is 25.9 Å². The highest BCUT2D eigenvalue weighted by Gasteiger charge is 2.25. The Balaban J connectivity index is 2.92. The van der Waals surface area contributed by atoms with E-state index in [9.17, 15) is 29.2 Å². The molecule has 1 rings (SSSR count). The molecule has 0 spiro atoms. The molecular formula is C17H32N4O8P+. The Kier molecular flexibility index (Phi) is 12.6. The number of carboxylic acid groups (broad SMARTS) is 3. The molecule has 0 bridgehead atoms. The van der Waals surface area contributed by atoms with Crippen molar-refractivity contribution in [3.63, 3.8) is 0 Å². The SMILES string of the molecule is CCO[P+](=O)CN1CCN(CC(=O)O)CCN(CC(=O)O)CCN(CC(=O)O)CC1. The summed E-state index contributed by atoms with van der Waals surface area (Å²) in [4.78, 5) is 40.6. The van der Waals surface area contributed by atoms with Crippen molar-refractivity contribution in [1.29, 1.82) is 0 Å². The van der Waals surface area contributed by atoms with Crippen molar-refractivity contribution in [2.45, 2.75) is 6.92 Å². The molecule has 1 saturated heterocycles. The van der Waals surface area contributed by atoms with Crippen molar-refractivity contribution in [3.8, 4) is 0 Å². The maximum Gasteiger partial charge on any atom is 0.524 e. The monoisotopic (exact) mass is 451 g/mol. The Morgan fingerprint density at radius 2 is 1.00 bits per heavy atom. The first-order valence-electron chi connectivity index (χ1n) is 9.82.